The molecule has 0 aromatic heterocycles. The molecular formula is C19H17NO3. The van der Waals surface area contributed by atoms with Crippen LogP contribution in [0.1, 0.15) is 21.5 Å². The summed E-state index contributed by atoms with van der Waals surface area (Å²) in [6.45, 7) is 1.90. The molecule has 4 heteroatoms. The predicted molar refractivity (Wildman–Crippen MR) is 88.6 cm³/mol. The summed E-state index contributed by atoms with van der Waals surface area (Å²) in [6.07, 6.45) is 1.53. The molecule has 0 saturated heterocycles. The summed E-state index contributed by atoms with van der Waals surface area (Å²) in [5, 5.41) is 9.35. The molecule has 0 spiro atoms. The van der Waals surface area contributed by atoms with Crippen molar-refractivity contribution in [3.8, 4) is 17.6 Å². The maximum Gasteiger partial charge on any atom is 0.203 e. The molecule has 4 nitrogen and oxygen atoms in total. The summed E-state index contributed by atoms with van der Waals surface area (Å²) in [5.41, 5.74) is 2.16. The van der Waals surface area contributed by atoms with E-state index in [1.165, 1.54) is 13.2 Å². The van der Waals surface area contributed by atoms with Gasteiger partial charge in [-0.2, -0.15) is 5.26 Å². The van der Waals surface area contributed by atoms with Crippen LogP contribution in [0.5, 0.6) is 11.5 Å². The highest BCUT2D eigenvalue weighted by atomic mass is 16.5. The summed E-state index contributed by atoms with van der Waals surface area (Å²) in [7, 11) is 3.09. The Labute approximate surface area is 135 Å². The highest BCUT2D eigenvalue weighted by Crippen LogP contribution is 2.27. The quantitative estimate of drug-likeness (QED) is 0.479. The number of rotatable bonds is 5. The Morgan fingerprint density at radius 2 is 1.91 bits per heavy atom. The lowest BCUT2D eigenvalue weighted by atomic mass is 10.00. The first kappa shape index (κ1) is 16.3. The molecule has 0 aliphatic carbocycles. The molecule has 2 rings (SSSR count). The fraction of sp³-hybridized carbons (Fsp3) is 0.158. The molecule has 0 N–H and O–H groups in total. The number of nitrogens with zero attached hydrogens (tertiary/aromatic N) is 1. The zero-order valence-corrected chi connectivity index (χ0v) is 13.3. The van der Waals surface area contributed by atoms with Crippen LogP contribution in [0.15, 0.2) is 48.0 Å². The summed E-state index contributed by atoms with van der Waals surface area (Å²) >= 11 is 0. The molecule has 0 heterocycles. The number of allylic oxidation sites excluding steroid dienone is 1. The zero-order valence-electron chi connectivity index (χ0n) is 13.3. The highest BCUT2D eigenvalue weighted by molar-refractivity contribution is 6.14. The molecule has 0 fully saturated rings. The molecule has 2 aromatic carbocycles. The van der Waals surface area contributed by atoms with Crippen molar-refractivity contribution >= 4 is 11.9 Å². The number of hydrogen-bond acceptors (Lipinski definition) is 4. The van der Waals surface area contributed by atoms with Gasteiger partial charge in [0, 0.05) is 17.2 Å². The Balaban J connectivity index is 2.43. The number of methoxy groups -OCH3 is 2. The Bertz CT molecular complexity index is 801. The number of benzene rings is 2. The van der Waals surface area contributed by atoms with Gasteiger partial charge in [0.05, 0.1) is 14.2 Å². The van der Waals surface area contributed by atoms with Crippen LogP contribution in [-0.4, -0.2) is 20.0 Å². The Morgan fingerprint density at radius 1 is 1.13 bits per heavy atom. The maximum absolute atomic E-state index is 12.5. The van der Waals surface area contributed by atoms with Crippen molar-refractivity contribution in [2.75, 3.05) is 14.2 Å². The van der Waals surface area contributed by atoms with Crippen LogP contribution in [0.4, 0.5) is 0 Å². The van der Waals surface area contributed by atoms with Gasteiger partial charge in [0.1, 0.15) is 23.1 Å². The SMILES string of the molecule is COc1ccc(/C=C(\C#N)C(=O)c2cccc(C)c2)c(OC)c1. The molecule has 0 radical (unpaired) electrons. The van der Waals surface area contributed by atoms with Gasteiger partial charge in [0.2, 0.25) is 5.78 Å². The van der Waals surface area contributed by atoms with E-state index >= 15 is 0 Å². The average molecular weight is 307 g/mol. The lowest BCUT2D eigenvalue weighted by molar-refractivity contribution is 0.104. The van der Waals surface area contributed by atoms with Gasteiger partial charge in [-0.25, -0.2) is 0 Å². The Morgan fingerprint density at radius 3 is 2.52 bits per heavy atom. The number of hydrogen-bond donors (Lipinski definition) is 0. The van der Waals surface area contributed by atoms with E-state index in [1.807, 2.05) is 19.1 Å². The molecule has 0 amide bonds. The van der Waals surface area contributed by atoms with Crippen LogP contribution < -0.4 is 9.47 Å². The summed E-state index contributed by atoms with van der Waals surface area (Å²) in [6, 6.07) is 14.3. The van der Waals surface area contributed by atoms with Gasteiger partial charge in [0.25, 0.3) is 0 Å². The third-order valence-electron chi connectivity index (χ3n) is 3.39. The Kier molecular flexibility index (Phi) is 5.16. The number of ketones is 1. The van der Waals surface area contributed by atoms with Gasteiger partial charge in [-0.15, -0.1) is 0 Å². The van der Waals surface area contributed by atoms with Crippen molar-refractivity contribution in [1.29, 1.82) is 5.26 Å². The number of carbonyl (C=O) groups is 1. The van der Waals surface area contributed by atoms with E-state index in [4.69, 9.17) is 9.47 Å². The van der Waals surface area contributed by atoms with Gasteiger partial charge in [0.15, 0.2) is 0 Å². The van der Waals surface area contributed by atoms with Gasteiger partial charge in [-0.05, 0) is 31.2 Å². The van der Waals surface area contributed by atoms with Crippen molar-refractivity contribution in [3.63, 3.8) is 0 Å². The molecule has 0 saturated carbocycles. The molecule has 0 atom stereocenters. The van der Waals surface area contributed by atoms with Gasteiger partial charge >= 0.3 is 0 Å². The molecule has 0 bridgehead atoms. The van der Waals surface area contributed by atoms with Crippen molar-refractivity contribution in [2.24, 2.45) is 0 Å². The first-order chi connectivity index (χ1) is 11.1. The minimum Gasteiger partial charge on any atom is -0.497 e. The number of ether oxygens (including phenoxy) is 2. The third kappa shape index (κ3) is 3.78. The normalized spacial score (nSPS) is 10.8. The second-order valence-corrected chi connectivity index (χ2v) is 4.98. The van der Waals surface area contributed by atoms with Crippen LogP contribution in [0.3, 0.4) is 0 Å². The van der Waals surface area contributed by atoms with Crippen LogP contribution in [0, 0.1) is 18.3 Å². The number of aryl methyl sites for hydroxylation is 1. The first-order valence-corrected chi connectivity index (χ1v) is 7.04. The summed E-state index contributed by atoms with van der Waals surface area (Å²) < 4.78 is 10.4. The van der Waals surface area contributed by atoms with Gasteiger partial charge in [-0.1, -0.05) is 23.8 Å². The lowest BCUT2D eigenvalue weighted by Crippen LogP contribution is -2.02. The highest BCUT2D eigenvalue weighted by Gasteiger charge is 2.13. The van der Waals surface area contributed by atoms with Gasteiger partial charge < -0.3 is 9.47 Å². The molecule has 116 valence electrons. The average Bonchev–Trinajstić information content (AvgIpc) is 2.59. The standard InChI is InChI=1S/C19H17NO3/c1-13-5-4-6-15(9-13)19(21)16(12-20)10-14-7-8-17(22-2)11-18(14)23-3/h4-11H,1-3H3/b16-10+. The van der Waals surface area contributed by atoms with E-state index in [-0.39, 0.29) is 11.4 Å². The smallest absolute Gasteiger partial charge is 0.203 e. The molecule has 0 aliphatic rings. The molecular weight excluding hydrogens is 290 g/mol. The second kappa shape index (κ2) is 7.28. The molecule has 0 unspecified atom stereocenters. The predicted octanol–water partition coefficient (Wildman–Crippen LogP) is 3.80. The van der Waals surface area contributed by atoms with Crippen molar-refractivity contribution in [1.82, 2.24) is 0 Å². The minimum atomic E-state index is -0.311. The fourth-order valence-electron chi connectivity index (χ4n) is 2.18. The van der Waals surface area contributed by atoms with Crippen LogP contribution in [-0.2, 0) is 0 Å². The molecule has 23 heavy (non-hydrogen) atoms. The van der Waals surface area contributed by atoms with E-state index in [1.54, 1.807) is 43.5 Å². The molecule has 0 aliphatic heterocycles. The van der Waals surface area contributed by atoms with Crippen LogP contribution in [0.2, 0.25) is 0 Å². The van der Waals surface area contributed by atoms with Crippen LogP contribution in [0.25, 0.3) is 6.08 Å². The maximum atomic E-state index is 12.5. The second-order valence-electron chi connectivity index (χ2n) is 4.98. The molecule has 2 aromatic rings. The number of nitriles is 1. The monoisotopic (exact) mass is 307 g/mol. The van der Waals surface area contributed by atoms with Crippen molar-refractivity contribution < 1.29 is 14.3 Å². The van der Waals surface area contributed by atoms with E-state index < -0.39 is 0 Å². The minimum absolute atomic E-state index is 0.0547. The third-order valence-corrected chi connectivity index (χ3v) is 3.39. The summed E-state index contributed by atoms with van der Waals surface area (Å²) in [4.78, 5) is 12.5. The van der Waals surface area contributed by atoms with Crippen molar-refractivity contribution in [3.05, 3.63) is 64.7 Å². The fourth-order valence-corrected chi connectivity index (χ4v) is 2.18. The lowest BCUT2D eigenvalue weighted by Gasteiger charge is -2.08. The van der Waals surface area contributed by atoms with E-state index in [0.717, 1.165) is 5.56 Å². The largest absolute Gasteiger partial charge is 0.497 e. The number of Topliss-reactive ketones (excluding diaryl/α,β-unsaturated/α-hetero) is 1. The Hall–Kier alpha value is -3.06. The van der Waals surface area contributed by atoms with Gasteiger partial charge in [-0.3, -0.25) is 4.79 Å². The van der Waals surface area contributed by atoms with Crippen LogP contribution >= 0.6 is 0 Å². The number of carbonyl (C=O) groups excluding carboxylic acids is 1. The van der Waals surface area contributed by atoms with E-state index in [9.17, 15) is 10.1 Å². The summed E-state index contributed by atoms with van der Waals surface area (Å²) in [5.74, 6) is 0.866. The van der Waals surface area contributed by atoms with E-state index in [2.05, 4.69) is 0 Å². The van der Waals surface area contributed by atoms with E-state index in [0.29, 0.717) is 22.6 Å². The van der Waals surface area contributed by atoms with Crippen molar-refractivity contribution in [2.45, 2.75) is 6.92 Å². The first-order valence-electron chi connectivity index (χ1n) is 7.04. The topological polar surface area (TPSA) is 59.3 Å². The zero-order chi connectivity index (χ0) is 16.8.